The van der Waals surface area contributed by atoms with Crippen LogP contribution in [0.2, 0.25) is 0 Å². The average molecular weight is 677 g/mol. The second-order valence-electron chi connectivity index (χ2n) is 11.7. The van der Waals surface area contributed by atoms with Gasteiger partial charge in [0, 0.05) is 71.1 Å². The van der Waals surface area contributed by atoms with Gasteiger partial charge in [0.2, 0.25) is 5.36 Å². The molecule has 0 atom stereocenters. The number of hydrogen-bond donors (Lipinski definition) is 1. The van der Waals surface area contributed by atoms with Gasteiger partial charge >= 0.3 is 35.5 Å². The summed E-state index contributed by atoms with van der Waals surface area (Å²) in [7, 11) is -8.65. The molecule has 3 aromatic rings. The maximum absolute atomic E-state index is 12.4. The molecule has 3 aliphatic heterocycles. The molecule has 11 nitrogen and oxygen atoms in total. The fourth-order valence-corrected chi connectivity index (χ4v) is 7.67. The SMILES string of the molecule is O=C(O)c1ccccc1C1=c2cc3c(cc2Oc2cc4c(cc21)CCCN4CCCS(=O)(=O)[O-])=[N+](CCCS(=O)(=O)[O-])CCC3.[Na+]. The fourth-order valence-electron chi connectivity index (χ4n) is 6.71. The number of ether oxygens (including phenoxy) is 1. The molecule has 0 aromatic heterocycles. The Bertz CT molecular complexity index is 2050. The van der Waals surface area contributed by atoms with Crippen molar-refractivity contribution in [1.29, 1.82) is 0 Å². The van der Waals surface area contributed by atoms with E-state index in [0.29, 0.717) is 43.2 Å². The molecule has 0 unspecified atom stereocenters. The van der Waals surface area contributed by atoms with Crippen LogP contribution in [0.5, 0.6) is 11.5 Å². The van der Waals surface area contributed by atoms with E-state index in [-0.39, 0.29) is 48.0 Å². The Morgan fingerprint density at radius 3 is 2.35 bits per heavy atom. The normalized spacial score (nSPS) is 15.6. The van der Waals surface area contributed by atoms with Crippen LogP contribution in [0, 0.1) is 0 Å². The fraction of sp³-hybridized carbons (Fsp3) is 0.375. The molecular formula is C32H33N2NaO9S2. The number of aromatic carboxylic acids is 1. The molecule has 3 aromatic carbocycles. The molecule has 0 radical (unpaired) electrons. The van der Waals surface area contributed by atoms with Crippen LogP contribution < -0.4 is 54.3 Å². The standard InChI is InChI=1S/C32H34N2O9S2.Na/c35-32(36)24-10-2-1-9-23(24)31-25-17-21-7-3-11-33(13-5-15-44(37,38)39)27(21)19-29(25)43-30-20-28-22(18-26(30)31)8-4-12-34(28)14-6-16-45(40,41)42;/h1-2,9-10,17-20H,3-8,11-16H2,(H2-,35,36,37,38,39,40,41,42);/q;+1/p-1. The molecule has 3 aliphatic rings. The van der Waals surface area contributed by atoms with Crippen LogP contribution in [0.25, 0.3) is 5.57 Å². The van der Waals surface area contributed by atoms with Crippen LogP contribution in [0.1, 0.15) is 58.3 Å². The minimum Gasteiger partial charge on any atom is -0.748 e. The summed E-state index contributed by atoms with van der Waals surface area (Å²) in [5, 5.41) is 11.8. The summed E-state index contributed by atoms with van der Waals surface area (Å²) in [6.45, 7) is 2.18. The Kier molecular flexibility index (Phi) is 10.3. The van der Waals surface area contributed by atoms with Crippen LogP contribution in [0.15, 0.2) is 48.5 Å². The number of carboxylic acid groups (broad SMARTS) is 1. The zero-order valence-electron chi connectivity index (χ0n) is 25.5. The van der Waals surface area contributed by atoms with Gasteiger partial charge in [-0.15, -0.1) is 0 Å². The monoisotopic (exact) mass is 676 g/mol. The smallest absolute Gasteiger partial charge is 0.748 e. The maximum atomic E-state index is 12.4. The van der Waals surface area contributed by atoms with Gasteiger partial charge < -0.3 is 23.8 Å². The summed E-state index contributed by atoms with van der Waals surface area (Å²) in [6.07, 6.45) is 3.63. The molecule has 0 spiro atoms. The number of nitrogens with zero attached hydrogens (tertiary/aromatic N) is 2. The Labute approximate surface area is 290 Å². The van der Waals surface area contributed by atoms with Crippen molar-refractivity contribution in [3.8, 4) is 11.5 Å². The van der Waals surface area contributed by atoms with Gasteiger partial charge in [-0.2, -0.15) is 0 Å². The number of carboxylic acids is 1. The van der Waals surface area contributed by atoms with E-state index in [1.165, 1.54) is 0 Å². The predicted octanol–water partition coefficient (Wildman–Crippen LogP) is -1.20. The van der Waals surface area contributed by atoms with E-state index in [1.54, 1.807) is 24.3 Å². The van der Waals surface area contributed by atoms with Crippen molar-refractivity contribution in [2.45, 2.75) is 38.5 Å². The second kappa shape index (κ2) is 13.8. The first kappa shape index (κ1) is 34.6. The Hall–Kier alpha value is -2.78. The van der Waals surface area contributed by atoms with Crippen molar-refractivity contribution in [2.24, 2.45) is 0 Å². The average Bonchev–Trinajstić information content (AvgIpc) is 2.97. The molecule has 0 saturated heterocycles. The molecule has 0 aliphatic carbocycles. The van der Waals surface area contributed by atoms with Gasteiger partial charge in [-0.1, -0.05) is 18.2 Å². The quantitative estimate of drug-likeness (QED) is 0.123. The van der Waals surface area contributed by atoms with Gasteiger partial charge in [-0.25, -0.2) is 26.2 Å². The molecule has 0 fully saturated rings. The van der Waals surface area contributed by atoms with Crippen LogP contribution in [-0.2, 0) is 33.1 Å². The zero-order valence-corrected chi connectivity index (χ0v) is 29.2. The van der Waals surface area contributed by atoms with E-state index in [0.717, 1.165) is 64.2 Å². The molecule has 1 N–H and O–H groups in total. The number of aryl methyl sites for hydroxylation is 2. The Balaban J connectivity index is 0.00000417. The number of rotatable bonds is 10. The van der Waals surface area contributed by atoms with E-state index in [2.05, 4.69) is 9.48 Å². The van der Waals surface area contributed by atoms with Crippen LogP contribution in [-0.4, -0.2) is 74.7 Å². The van der Waals surface area contributed by atoms with Crippen molar-refractivity contribution in [3.05, 3.63) is 86.9 Å². The molecule has 3 heterocycles. The summed E-state index contributed by atoms with van der Waals surface area (Å²) in [5.74, 6) is -0.887. The Morgan fingerprint density at radius 2 is 1.61 bits per heavy atom. The Morgan fingerprint density at radius 1 is 0.891 bits per heavy atom. The first-order valence-corrected chi connectivity index (χ1v) is 18.1. The summed E-state index contributed by atoms with van der Waals surface area (Å²) in [6, 6.07) is 14.8. The third kappa shape index (κ3) is 7.51. The topological polar surface area (TPSA) is 167 Å². The minimum absolute atomic E-state index is 0. The van der Waals surface area contributed by atoms with Crippen molar-refractivity contribution in [3.63, 3.8) is 0 Å². The molecule has 238 valence electrons. The molecule has 6 rings (SSSR count). The molecule has 0 saturated carbocycles. The zero-order chi connectivity index (χ0) is 31.9. The molecular weight excluding hydrogens is 643 g/mol. The summed E-state index contributed by atoms with van der Waals surface area (Å²) >= 11 is 0. The third-order valence-corrected chi connectivity index (χ3v) is 10.2. The molecule has 0 bridgehead atoms. The van der Waals surface area contributed by atoms with E-state index >= 15 is 0 Å². The van der Waals surface area contributed by atoms with E-state index in [9.17, 15) is 35.8 Å². The molecule has 46 heavy (non-hydrogen) atoms. The summed E-state index contributed by atoms with van der Waals surface area (Å²) in [4.78, 5) is 14.5. The number of benzene rings is 3. The first-order valence-electron chi connectivity index (χ1n) is 15.0. The van der Waals surface area contributed by atoms with Crippen molar-refractivity contribution >= 4 is 37.5 Å². The number of fused-ring (bicyclic) bond motifs is 4. The van der Waals surface area contributed by atoms with Gasteiger partial charge in [0.05, 0.1) is 31.9 Å². The van der Waals surface area contributed by atoms with Crippen LogP contribution in [0.4, 0.5) is 5.69 Å². The van der Waals surface area contributed by atoms with Crippen LogP contribution in [0.3, 0.4) is 0 Å². The van der Waals surface area contributed by atoms with E-state index < -0.39 is 37.7 Å². The van der Waals surface area contributed by atoms with Gasteiger partial charge in [0.25, 0.3) is 0 Å². The van der Waals surface area contributed by atoms with Gasteiger partial charge in [-0.3, -0.25) is 0 Å². The van der Waals surface area contributed by atoms with Crippen molar-refractivity contribution < 1.29 is 70.1 Å². The van der Waals surface area contributed by atoms with Crippen molar-refractivity contribution in [1.82, 2.24) is 4.58 Å². The maximum Gasteiger partial charge on any atom is 1.00 e. The van der Waals surface area contributed by atoms with Gasteiger partial charge in [-0.05, 0) is 55.0 Å². The number of carbonyl (C=O) groups is 1. The largest absolute Gasteiger partial charge is 1.00 e. The second-order valence-corrected chi connectivity index (χ2v) is 14.7. The molecule has 0 amide bonds. The van der Waals surface area contributed by atoms with Gasteiger partial charge in [0.15, 0.2) is 0 Å². The first-order chi connectivity index (χ1) is 21.4. The molecule has 14 heteroatoms. The summed E-state index contributed by atoms with van der Waals surface area (Å²) in [5.41, 5.74) is 5.14. The number of anilines is 1. The summed E-state index contributed by atoms with van der Waals surface area (Å²) < 4.78 is 75.9. The third-order valence-electron chi connectivity index (χ3n) is 8.62. The minimum atomic E-state index is -4.33. The number of hydrogen-bond acceptors (Lipinski definition) is 9. The predicted molar refractivity (Wildman–Crippen MR) is 165 cm³/mol. The van der Waals surface area contributed by atoms with E-state index in [1.807, 2.05) is 24.3 Å². The van der Waals surface area contributed by atoms with Gasteiger partial charge in [0.1, 0.15) is 24.6 Å². The van der Waals surface area contributed by atoms with E-state index in [4.69, 9.17) is 4.74 Å². The van der Waals surface area contributed by atoms with Crippen LogP contribution >= 0.6 is 0 Å². The van der Waals surface area contributed by atoms with Crippen molar-refractivity contribution in [2.75, 3.05) is 42.6 Å².